The largest absolute Gasteiger partial charge is 0.493 e. The van der Waals surface area contributed by atoms with Gasteiger partial charge in [-0.2, -0.15) is 0 Å². The number of fused-ring (bicyclic) bond motifs is 5. The molecule has 0 fully saturated rings. The lowest BCUT2D eigenvalue weighted by Gasteiger charge is -2.45. The first-order chi connectivity index (χ1) is 17.6. The summed E-state index contributed by atoms with van der Waals surface area (Å²) in [6, 6.07) is 19.7. The molecule has 6 rings (SSSR count). The van der Waals surface area contributed by atoms with Crippen LogP contribution in [0.4, 0.5) is 0 Å². The molecule has 6 nitrogen and oxygen atoms in total. The molecule has 1 aliphatic carbocycles. The number of aryl methyl sites for hydroxylation is 1. The van der Waals surface area contributed by atoms with Crippen LogP contribution in [0.3, 0.4) is 0 Å². The van der Waals surface area contributed by atoms with Crippen molar-refractivity contribution in [2.75, 3.05) is 20.8 Å². The molecule has 3 aliphatic rings. The highest BCUT2D eigenvalue weighted by Crippen LogP contribution is 2.48. The molecule has 3 aromatic rings. The van der Waals surface area contributed by atoms with Crippen LogP contribution in [0, 0.1) is 0 Å². The van der Waals surface area contributed by atoms with Crippen LogP contribution in [0.2, 0.25) is 0 Å². The minimum atomic E-state index is -0.562. The molecule has 2 aliphatic heterocycles. The van der Waals surface area contributed by atoms with Gasteiger partial charge < -0.3 is 19.7 Å². The summed E-state index contributed by atoms with van der Waals surface area (Å²) in [5.41, 5.74) is 5.92. The summed E-state index contributed by atoms with van der Waals surface area (Å²) in [5.74, 6) is 0.304. The minimum Gasteiger partial charge on any atom is -0.493 e. The van der Waals surface area contributed by atoms with Gasteiger partial charge in [0.25, 0.3) is 5.91 Å². The van der Waals surface area contributed by atoms with Gasteiger partial charge >= 0.3 is 0 Å². The quantitative estimate of drug-likeness (QED) is 0.584. The van der Waals surface area contributed by atoms with E-state index in [0.717, 1.165) is 31.2 Å². The zero-order valence-electron chi connectivity index (χ0n) is 20.6. The van der Waals surface area contributed by atoms with Gasteiger partial charge in [0, 0.05) is 12.1 Å². The number of ether oxygens (including phenoxy) is 2. The summed E-state index contributed by atoms with van der Waals surface area (Å²) >= 11 is 0. The van der Waals surface area contributed by atoms with Crippen molar-refractivity contribution in [1.29, 1.82) is 0 Å². The van der Waals surface area contributed by atoms with E-state index < -0.39 is 5.92 Å². The third kappa shape index (κ3) is 3.55. The van der Waals surface area contributed by atoms with Crippen molar-refractivity contribution in [1.82, 2.24) is 10.2 Å². The molecule has 36 heavy (non-hydrogen) atoms. The third-order valence-corrected chi connectivity index (χ3v) is 8.00. The SMILES string of the molecule is COc1cc2c(cc1OC)C(C(=O)NC1CCCc3ccccc31)C1c3ccccc3CCN1C2=O. The Kier molecular flexibility index (Phi) is 5.67. The Morgan fingerprint density at radius 1 is 0.889 bits per heavy atom. The Labute approximate surface area is 211 Å². The normalized spacial score (nSPS) is 22.0. The number of nitrogens with zero attached hydrogens (tertiary/aromatic N) is 1. The van der Waals surface area contributed by atoms with Crippen LogP contribution in [0.15, 0.2) is 60.7 Å². The summed E-state index contributed by atoms with van der Waals surface area (Å²) in [7, 11) is 3.13. The lowest BCUT2D eigenvalue weighted by molar-refractivity contribution is -0.125. The summed E-state index contributed by atoms with van der Waals surface area (Å²) in [6.07, 6.45) is 3.73. The third-order valence-electron chi connectivity index (χ3n) is 8.00. The molecule has 3 unspecified atom stereocenters. The highest BCUT2D eigenvalue weighted by molar-refractivity contribution is 6.02. The van der Waals surface area contributed by atoms with E-state index >= 15 is 0 Å². The number of hydrogen-bond donors (Lipinski definition) is 1. The first-order valence-corrected chi connectivity index (χ1v) is 12.6. The van der Waals surface area contributed by atoms with E-state index in [1.54, 1.807) is 20.3 Å². The molecule has 3 atom stereocenters. The van der Waals surface area contributed by atoms with Gasteiger partial charge in [0.15, 0.2) is 11.5 Å². The molecule has 184 valence electrons. The zero-order valence-corrected chi connectivity index (χ0v) is 20.6. The zero-order chi connectivity index (χ0) is 24.8. The monoisotopic (exact) mass is 482 g/mol. The fourth-order valence-electron chi connectivity index (χ4n) is 6.30. The van der Waals surface area contributed by atoms with Crippen LogP contribution in [0.1, 0.15) is 69.0 Å². The maximum absolute atomic E-state index is 14.2. The second-order valence-corrected chi connectivity index (χ2v) is 9.82. The maximum Gasteiger partial charge on any atom is 0.254 e. The first-order valence-electron chi connectivity index (χ1n) is 12.6. The van der Waals surface area contributed by atoms with Gasteiger partial charge in [0.05, 0.1) is 32.2 Å². The predicted molar refractivity (Wildman–Crippen MR) is 136 cm³/mol. The number of carbonyl (C=O) groups excluding carboxylic acids is 2. The molecule has 3 aromatic carbocycles. The molecular weight excluding hydrogens is 452 g/mol. The van der Waals surface area contributed by atoms with Gasteiger partial charge in [-0.3, -0.25) is 9.59 Å². The maximum atomic E-state index is 14.2. The minimum absolute atomic E-state index is 0.0454. The lowest BCUT2D eigenvalue weighted by atomic mass is 9.75. The van der Waals surface area contributed by atoms with E-state index in [9.17, 15) is 9.59 Å². The molecule has 6 heteroatoms. The van der Waals surface area contributed by atoms with Crippen LogP contribution in [-0.2, 0) is 17.6 Å². The van der Waals surface area contributed by atoms with Gasteiger partial charge in [-0.25, -0.2) is 0 Å². The lowest BCUT2D eigenvalue weighted by Crippen LogP contribution is -2.50. The fourth-order valence-corrected chi connectivity index (χ4v) is 6.30. The predicted octanol–water partition coefficient (Wildman–Crippen LogP) is 4.73. The second-order valence-electron chi connectivity index (χ2n) is 9.82. The Bertz CT molecular complexity index is 1350. The average Bonchev–Trinajstić information content (AvgIpc) is 2.92. The van der Waals surface area contributed by atoms with Crippen LogP contribution in [0.25, 0.3) is 0 Å². The number of methoxy groups -OCH3 is 2. The topological polar surface area (TPSA) is 67.9 Å². The fraction of sp³-hybridized carbons (Fsp3) is 0.333. The van der Waals surface area contributed by atoms with Gasteiger partial charge in [0.2, 0.25) is 5.91 Å². The van der Waals surface area contributed by atoms with Gasteiger partial charge in [-0.1, -0.05) is 48.5 Å². The molecule has 0 bridgehead atoms. The van der Waals surface area contributed by atoms with Gasteiger partial charge in [0.1, 0.15) is 0 Å². The van der Waals surface area contributed by atoms with E-state index in [1.807, 2.05) is 29.2 Å². The van der Waals surface area contributed by atoms with Crippen molar-refractivity contribution in [3.63, 3.8) is 0 Å². The van der Waals surface area contributed by atoms with E-state index in [-0.39, 0.29) is 23.9 Å². The Balaban J connectivity index is 1.48. The molecule has 0 saturated heterocycles. The van der Waals surface area contributed by atoms with E-state index in [1.165, 1.54) is 16.7 Å². The van der Waals surface area contributed by atoms with Crippen molar-refractivity contribution in [2.45, 2.75) is 43.7 Å². The molecule has 2 amide bonds. The molecule has 0 saturated carbocycles. The highest BCUT2D eigenvalue weighted by Gasteiger charge is 2.47. The van der Waals surface area contributed by atoms with Crippen molar-refractivity contribution < 1.29 is 19.1 Å². The Morgan fingerprint density at radius 3 is 2.31 bits per heavy atom. The standard InChI is InChI=1S/C30H30N2O4/c1-35-25-16-22-23(17-26(25)36-2)30(34)32-15-14-19-9-4-6-12-21(19)28(32)27(22)29(33)31-24-13-7-10-18-8-3-5-11-20(18)24/h3-6,8-9,11-12,16-17,24,27-28H,7,10,13-15H2,1-2H3,(H,31,33). The number of rotatable bonds is 4. The van der Waals surface area contributed by atoms with Crippen LogP contribution in [-0.4, -0.2) is 37.5 Å². The molecular formula is C30H30N2O4. The summed E-state index contributed by atoms with van der Waals surface area (Å²) in [5, 5.41) is 3.38. The number of benzene rings is 3. The Morgan fingerprint density at radius 2 is 1.56 bits per heavy atom. The Hall–Kier alpha value is -3.80. The number of nitrogens with one attached hydrogen (secondary N) is 1. The summed E-state index contributed by atoms with van der Waals surface area (Å²) in [6.45, 7) is 0.574. The first kappa shape index (κ1) is 22.7. The number of hydrogen-bond acceptors (Lipinski definition) is 4. The van der Waals surface area contributed by atoms with Gasteiger partial charge in [-0.05, 0) is 65.6 Å². The summed E-state index contributed by atoms with van der Waals surface area (Å²) < 4.78 is 11.1. The van der Waals surface area contributed by atoms with Crippen molar-refractivity contribution in [3.8, 4) is 11.5 Å². The smallest absolute Gasteiger partial charge is 0.254 e. The van der Waals surface area contributed by atoms with E-state index in [4.69, 9.17) is 9.47 Å². The second kappa shape index (κ2) is 9.01. The van der Waals surface area contributed by atoms with Crippen molar-refractivity contribution >= 4 is 11.8 Å². The van der Waals surface area contributed by atoms with Gasteiger partial charge in [-0.15, -0.1) is 0 Å². The average molecular weight is 483 g/mol. The van der Waals surface area contributed by atoms with Crippen molar-refractivity contribution in [3.05, 3.63) is 94.0 Å². The van der Waals surface area contributed by atoms with Crippen LogP contribution in [0.5, 0.6) is 11.5 Å². The summed E-state index contributed by atoms with van der Waals surface area (Å²) in [4.78, 5) is 29.9. The molecule has 0 aromatic heterocycles. The van der Waals surface area contributed by atoms with Crippen LogP contribution >= 0.6 is 0 Å². The molecule has 2 heterocycles. The molecule has 0 spiro atoms. The molecule has 1 N–H and O–H groups in total. The number of carbonyl (C=O) groups is 2. The highest BCUT2D eigenvalue weighted by atomic mass is 16.5. The number of amides is 2. The molecule has 0 radical (unpaired) electrons. The van der Waals surface area contributed by atoms with E-state index in [0.29, 0.717) is 29.2 Å². The van der Waals surface area contributed by atoms with Crippen LogP contribution < -0.4 is 14.8 Å². The van der Waals surface area contributed by atoms with E-state index in [2.05, 4.69) is 35.6 Å². The van der Waals surface area contributed by atoms with Crippen molar-refractivity contribution in [2.24, 2.45) is 0 Å².